The molecule has 1 aromatic carbocycles. The highest BCUT2D eigenvalue weighted by molar-refractivity contribution is 5.35. The molecule has 0 aromatic heterocycles. The Balaban J connectivity index is 1.74. The predicted molar refractivity (Wildman–Crippen MR) is 81.8 cm³/mol. The largest absolute Gasteiger partial charge is 0.508 e. The second kappa shape index (κ2) is 5.93. The Bertz CT molecular complexity index is 508. The van der Waals surface area contributed by atoms with Gasteiger partial charge < -0.3 is 10.0 Å². The number of fused-ring (bicyclic) bond motifs is 1. The summed E-state index contributed by atoms with van der Waals surface area (Å²) in [6.45, 7) is 5.34. The second-order valence-electron chi connectivity index (χ2n) is 6.61. The molecule has 1 N–H and O–H groups in total. The molecule has 2 saturated heterocycles. The molecule has 0 aliphatic carbocycles. The summed E-state index contributed by atoms with van der Waals surface area (Å²) in [5.41, 5.74) is 0.706. The van der Waals surface area contributed by atoms with E-state index >= 15 is 0 Å². The number of aromatic hydroxyl groups is 1. The molecule has 4 heteroatoms. The number of benzene rings is 1. The van der Waals surface area contributed by atoms with Gasteiger partial charge in [0.2, 0.25) is 0 Å². The first-order chi connectivity index (χ1) is 10.1. The van der Waals surface area contributed by atoms with Gasteiger partial charge in [0.1, 0.15) is 11.6 Å². The van der Waals surface area contributed by atoms with E-state index in [0.717, 1.165) is 13.1 Å². The van der Waals surface area contributed by atoms with Crippen molar-refractivity contribution in [3.63, 3.8) is 0 Å². The van der Waals surface area contributed by atoms with Crippen LogP contribution in [0.15, 0.2) is 18.2 Å². The fourth-order valence-electron chi connectivity index (χ4n) is 4.09. The van der Waals surface area contributed by atoms with Crippen LogP contribution in [0.4, 0.5) is 4.39 Å². The van der Waals surface area contributed by atoms with Crippen LogP contribution in [-0.2, 0) is 0 Å². The molecule has 3 rings (SSSR count). The molecular formula is C17H25FN2O. The number of phenols is 1. The number of nitrogens with zero attached hydrogens (tertiary/aromatic N) is 2. The van der Waals surface area contributed by atoms with Gasteiger partial charge in [0, 0.05) is 30.7 Å². The summed E-state index contributed by atoms with van der Waals surface area (Å²) in [5.74, 6) is 0.629. The third-order valence-electron chi connectivity index (χ3n) is 5.36. The number of phenolic OH excluding ortho intramolecular Hbond substituents is 1. The zero-order valence-electron chi connectivity index (χ0n) is 12.9. The number of hydrogen-bond donors (Lipinski definition) is 1. The molecule has 0 radical (unpaired) electrons. The number of halogens is 1. The lowest BCUT2D eigenvalue weighted by molar-refractivity contribution is 0.0225. The summed E-state index contributed by atoms with van der Waals surface area (Å²) in [7, 11) is 2.23. The third kappa shape index (κ3) is 2.92. The molecule has 3 unspecified atom stereocenters. The lowest BCUT2D eigenvalue weighted by atomic mass is 9.83. The molecule has 1 aromatic rings. The standard InChI is InChI=1S/C17H25FN2O/c1-12(15-10-14(18)5-6-17(15)21)20-9-7-16-13(11-20)4-3-8-19(16)2/h5-6,10,12-13,16,21H,3-4,7-9,11H2,1-2H3. The van der Waals surface area contributed by atoms with Crippen LogP contribution in [0.2, 0.25) is 0 Å². The summed E-state index contributed by atoms with van der Waals surface area (Å²) in [6, 6.07) is 5.01. The average Bonchev–Trinajstić information content (AvgIpc) is 2.49. The summed E-state index contributed by atoms with van der Waals surface area (Å²) < 4.78 is 13.5. The normalized spacial score (nSPS) is 29.1. The summed E-state index contributed by atoms with van der Waals surface area (Å²) in [4.78, 5) is 4.89. The zero-order valence-corrected chi connectivity index (χ0v) is 12.9. The van der Waals surface area contributed by atoms with Gasteiger partial charge >= 0.3 is 0 Å². The Morgan fingerprint density at radius 1 is 1.29 bits per heavy atom. The van der Waals surface area contributed by atoms with E-state index in [1.807, 2.05) is 0 Å². The third-order valence-corrected chi connectivity index (χ3v) is 5.36. The van der Waals surface area contributed by atoms with E-state index in [-0.39, 0.29) is 17.6 Å². The predicted octanol–water partition coefficient (Wildman–Crippen LogP) is 3.01. The van der Waals surface area contributed by atoms with Crippen LogP contribution < -0.4 is 0 Å². The maximum atomic E-state index is 13.5. The van der Waals surface area contributed by atoms with Crippen molar-refractivity contribution >= 4 is 0 Å². The van der Waals surface area contributed by atoms with Crippen LogP contribution in [-0.4, -0.2) is 47.6 Å². The van der Waals surface area contributed by atoms with Gasteiger partial charge in [-0.15, -0.1) is 0 Å². The molecule has 2 aliphatic rings. The van der Waals surface area contributed by atoms with Crippen molar-refractivity contribution in [3.05, 3.63) is 29.6 Å². The number of rotatable bonds is 2. The Hall–Kier alpha value is -1.13. The minimum absolute atomic E-state index is 0.0638. The van der Waals surface area contributed by atoms with Crippen LogP contribution in [0, 0.1) is 11.7 Å². The van der Waals surface area contributed by atoms with Crippen LogP contribution in [0.1, 0.15) is 37.8 Å². The highest BCUT2D eigenvalue weighted by Gasteiger charge is 2.36. The molecule has 21 heavy (non-hydrogen) atoms. The van der Waals surface area contributed by atoms with Crippen LogP contribution in [0.5, 0.6) is 5.75 Å². The lowest BCUT2D eigenvalue weighted by Gasteiger charge is -2.47. The molecule has 0 saturated carbocycles. The molecule has 3 atom stereocenters. The fraction of sp³-hybridized carbons (Fsp3) is 0.647. The van der Waals surface area contributed by atoms with E-state index in [2.05, 4.69) is 23.8 Å². The molecular weight excluding hydrogens is 267 g/mol. The Morgan fingerprint density at radius 2 is 2.10 bits per heavy atom. The maximum absolute atomic E-state index is 13.5. The molecule has 3 nitrogen and oxygen atoms in total. The van der Waals surface area contributed by atoms with Crippen molar-refractivity contribution in [2.45, 2.75) is 38.3 Å². The minimum atomic E-state index is -0.276. The summed E-state index contributed by atoms with van der Waals surface area (Å²) in [5, 5.41) is 10.0. The SMILES string of the molecule is CC(c1cc(F)ccc1O)N1CCC2C(CCCN2C)C1. The molecule has 2 aliphatic heterocycles. The molecule has 0 bridgehead atoms. The Labute approximate surface area is 126 Å². The van der Waals surface area contributed by atoms with E-state index in [1.165, 1.54) is 44.0 Å². The number of piperidine rings is 2. The van der Waals surface area contributed by atoms with Gasteiger partial charge in [0.15, 0.2) is 0 Å². The highest BCUT2D eigenvalue weighted by atomic mass is 19.1. The molecule has 0 amide bonds. The van der Waals surface area contributed by atoms with Crippen molar-refractivity contribution in [2.75, 3.05) is 26.7 Å². The van der Waals surface area contributed by atoms with Gasteiger partial charge in [-0.2, -0.15) is 0 Å². The first-order valence-electron chi connectivity index (χ1n) is 7.99. The van der Waals surface area contributed by atoms with Gasteiger partial charge in [-0.05, 0) is 63.9 Å². The maximum Gasteiger partial charge on any atom is 0.123 e. The first-order valence-corrected chi connectivity index (χ1v) is 7.99. The van der Waals surface area contributed by atoms with Crippen LogP contribution in [0.25, 0.3) is 0 Å². The quantitative estimate of drug-likeness (QED) is 0.907. The van der Waals surface area contributed by atoms with Gasteiger partial charge in [0.05, 0.1) is 0 Å². The zero-order chi connectivity index (χ0) is 15.0. The number of hydrogen-bond acceptors (Lipinski definition) is 3. The van der Waals surface area contributed by atoms with Crippen molar-refractivity contribution < 1.29 is 9.50 Å². The van der Waals surface area contributed by atoms with Crippen molar-refractivity contribution in [1.82, 2.24) is 9.80 Å². The number of likely N-dealkylation sites (tertiary alicyclic amines) is 2. The van der Waals surface area contributed by atoms with E-state index in [4.69, 9.17) is 0 Å². The van der Waals surface area contributed by atoms with E-state index in [0.29, 0.717) is 17.5 Å². The first kappa shape index (κ1) is 14.8. The summed E-state index contributed by atoms with van der Waals surface area (Å²) in [6.07, 6.45) is 3.72. The van der Waals surface area contributed by atoms with Crippen LogP contribution in [0.3, 0.4) is 0 Å². The van der Waals surface area contributed by atoms with Crippen molar-refractivity contribution in [2.24, 2.45) is 5.92 Å². The molecule has 116 valence electrons. The summed E-state index contributed by atoms with van der Waals surface area (Å²) >= 11 is 0. The van der Waals surface area contributed by atoms with Gasteiger partial charge in [-0.3, -0.25) is 4.90 Å². The molecule has 2 fully saturated rings. The minimum Gasteiger partial charge on any atom is -0.508 e. The van der Waals surface area contributed by atoms with E-state index < -0.39 is 0 Å². The Kier molecular flexibility index (Phi) is 4.18. The molecule has 0 spiro atoms. The smallest absolute Gasteiger partial charge is 0.123 e. The van der Waals surface area contributed by atoms with Gasteiger partial charge in [-0.1, -0.05) is 0 Å². The van der Waals surface area contributed by atoms with Crippen molar-refractivity contribution in [3.8, 4) is 5.75 Å². The van der Waals surface area contributed by atoms with E-state index in [9.17, 15) is 9.50 Å². The van der Waals surface area contributed by atoms with E-state index in [1.54, 1.807) is 0 Å². The monoisotopic (exact) mass is 292 g/mol. The lowest BCUT2D eigenvalue weighted by Crippen LogP contribution is -2.53. The fourth-order valence-corrected chi connectivity index (χ4v) is 4.09. The average molecular weight is 292 g/mol. The van der Waals surface area contributed by atoms with Crippen LogP contribution >= 0.6 is 0 Å². The van der Waals surface area contributed by atoms with Crippen molar-refractivity contribution in [1.29, 1.82) is 0 Å². The van der Waals surface area contributed by atoms with Gasteiger partial charge in [-0.25, -0.2) is 4.39 Å². The second-order valence-corrected chi connectivity index (χ2v) is 6.61. The molecule has 2 heterocycles. The Morgan fingerprint density at radius 3 is 2.90 bits per heavy atom. The highest BCUT2D eigenvalue weighted by Crippen LogP contribution is 2.35. The topological polar surface area (TPSA) is 26.7 Å². The van der Waals surface area contributed by atoms with Gasteiger partial charge in [0.25, 0.3) is 0 Å².